The van der Waals surface area contributed by atoms with Crippen LogP contribution in [0.1, 0.15) is 25.5 Å². The minimum atomic E-state index is -0.393. The second kappa shape index (κ2) is 6.21. The molecule has 0 saturated carbocycles. The molecule has 0 aliphatic heterocycles. The van der Waals surface area contributed by atoms with Gasteiger partial charge in [0.05, 0.1) is 0 Å². The molecule has 2 rings (SSSR count). The summed E-state index contributed by atoms with van der Waals surface area (Å²) in [4.78, 5) is 23.2. The van der Waals surface area contributed by atoms with Crippen LogP contribution >= 0.6 is 0 Å². The fourth-order valence-corrected chi connectivity index (χ4v) is 1.95. The zero-order chi connectivity index (χ0) is 15.4. The van der Waals surface area contributed by atoms with E-state index in [1.165, 1.54) is 6.92 Å². The first-order valence-corrected chi connectivity index (χ1v) is 6.65. The molecule has 0 saturated heterocycles. The number of benzene rings is 1. The smallest absolute Gasteiger partial charge is 0.248 e. The molecule has 0 radical (unpaired) electrons. The van der Waals surface area contributed by atoms with Crippen LogP contribution in [-0.4, -0.2) is 21.6 Å². The maximum absolute atomic E-state index is 12.1. The van der Waals surface area contributed by atoms with Gasteiger partial charge in [0.25, 0.3) is 0 Å². The highest BCUT2D eigenvalue weighted by atomic mass is 16.2. The van der Waals surface area contributed by atoms with E-state index in [1.807, 2.05) is 13.0 Å². The molecule has 110 valence electrons. The first kappa shape index (κ1) is 14.8. The van der Waals surface area contributed by atoms with Gasteiger partial charge in [0.2, 0.25) is 11.8 Å². The van der Waals surface area contributed by atoms with E-state index >= 15 is 0 Å². The highest BCUT2D eigenvalue weighted by Gasteiger charge is 2.15. The number of rotatable bonds is 4. The number of hydrogen-bond acceptors (Lipinski definition) is 3. The molecule has 2 amide bonds. The average molecular weight is 286 g/mol. The molecular weight excluding hydrogens is 268 g/mol. The van der Waals surface area contributed by atoms with Crippen LogP contribution in [0.4, 0.5) is 11.4 Å². The summed E-state index contributed by atoms with van der Waals surface area (Å²) in [6.07, 6.45) is 3.38. The van der Waals surface area contributed by atoms with Gasteiger partial charge in [0, 0.05) is 30.7 Å². The summed E-state index contributed by atoms with van der Waals surface area (Å²) >= 11 is 0. The lowest BCUT2D eigenvalue weighted by atomic mass is 10.1. The van der Waals surface area contributed by atoms with E-state index in [0.29, 0.717) is 5.69 Å². The number of carbonyl (C=O) groups excluding carboxylic acids is 2. The summed E-state index contributed by atoms with van der Waals surface area (Å²) in [5, 5.41) is 9.62. The Hall–Kier alpha value is -2.63. The average Bonchev–Trinajstić information content (AvgIpc) is 2.94. The first-order valence-electron chi connectivity index (χ1n) is 6.65. The molecule has 2 N–H and O–H groups in total. The number of aromatic nitrogens is 2. The van der Waals surface area contributed by atoms with E-state index in [0.717, 1.165) is 11.3 Å². The Labute approximate surface area is 123 Å². The maximum Gasteiger partial charge on any atom is 0.248 e. The summed E-state index contributed by atoms with van der Waals surface area (Å²) in [6.45, 7) is 5.11. The molecule has 0 spiro atoms. The Morgan fingerprint density at radius 1 is 1.29 bits per heavy atom. The lowest BCUT2D eigenvalue weighted by Crippen LogP contribution is -2.24. The molecule has 2 aromatic rings. The minimum Gasteiger partial charge on any atom is -0.326 e. The molecule has 0 fully saturated rings. The zero-order valence-corrected chi connectivity index (χ0v) is 12.3. The lowest BCUT2D eigenvalue weighted by Gasteiger charge is -2.14. The Kier molecular flexibility index (Phi) is 4.37. The number of aryl methyl sites for hydroxylation is 1. The molecule has 6 heteroatoms. The van der Waals surface area contributed by atoms with E-state index in [2.05, 4.69) is 15.7 Å². The van der Waals surface area contributed by atoms with E-state index in [9.17, 15) is 9.59 Å². The van der Waals surface area contributed by atoms with Crippen LogP contribution in [0.3, 0.4) is 0 Å². The van der Waals surface area contributed by atoms with Crippen molar-refractivity contribution in [3.05, 3.63) is 42.2 Å². The third-order valence-corrected chi connectivity index (χ3v) is 3.11. The molecule has 0 unspecified atom stereocenters. The maximum atomic E-state index is 12.1. The molecule has 1 aromatic carbocycles. The van der Waals surface area contributed by atoms with Crippen LogP contribution in [-0.2, 0) is 9.59 Å². The monoisotopic (exact) mass is 286 g/mol. The van der Waals surface area contributed by atoms with Crippen molar-refractivity contribution >= 4 is 23.2 Å². The van der Waals surface area contributed by atoms with E-state index in [4.69, 9.17) is 0 Å². The van der Waals surface area contributed by atoms with Gasteiger partial charge in [-0.2, -0.15) is 5.10 Å². The van der Waals surface area contributed by atoms with Crippen molar-refractivity contribution in [3.8, 4) is 0 Å². The number of nitrogens with zero attached hydrogens (tertiary/aromatic N) is 2. The van der Waals surface area contributed by atoms with Crippen LogP contribution in [0.5, 0.6) is 0 Å². The molecule has 0 bridgehead atoms. The van der Waals surface area contributed by atoms with Crippen LogP contribution in [0.15, 0.2) is 36.7 Å². The molecule has 21 heavy (non-hydrogen) atoms. The summed E-state index contributed by atoms with van der Waals surface area (Å²) in [6, 6.07) is 6.72. The summed E-state index contributed by atoms with van der Waals surface area (Å²) < 4.78 is 1.59. The van der Waals surface area contributed by atoms with E-state index < -0.39 is 6.04 Å². The van der Waals surface area contributed by atoms with Crippen LogP contribution in [0.2, 0.25) is 0 Å². The fourth-order valence-electron chi connectivity index (χ4n) is 1.95. The van der Waals surface area contributed by atoms with Gasteiger partial charge in [0.1, 0.15) is 6.04 Å². The van der Waals surface area contributed by atoms with Crippen LogP contribution < -0.4 is 10.6 Å². The van der Waals surface area contributed by atoms with Gasteiger partial charge in [-0.15, -0.1) is 0 Å². The normalized spacial score (nSPS) is 11.8. The van der Waals surface area contributed by atoms with Gasteiger partial charge in [-0.25, -0.2) is 0 Å². The van der Waals surface area contributed by atoms with Gasteiger partial charge in [-0.05, 0) is 43.7 Å². The molecular formula is C15H18N4O2. The highest BCUT2D eigenvalue weighted by Crippen LogP contribution is 2.20. The van der Waals surface area contributed by atoms with Gasteiger partial charge >= 0.3 is 0 Å². The SMILES string of the molecule is CC(=O)Nc1ccc(NC(=O)[C@H](C)n2cccn2)cc1C. The van der Waals surface area contributed by atoms with Crippen molar-refractivity contribution in [2.45, 2.75) is 26.8 Å². The second-order valence-electron chi connectivity index (χ2n) is 4.86. The van der Waals surface area contributed by atoms with Gasteiger partial charge < -0.3 is 10.6 Å². The first-order chi connectivity index (χ1) is 9.97. The molecule has 0 aliphatic carbocycles. The molecule has 6 nitrogen and oxygen atoms in total. The lowest BCUT2D eigenvalue weighted by molar-refractivity contribution is -0.119. The predicted molar refractivity (Wildman–Crippen MR) is 81.1 cm³/mol. The minimum absolute atomic E-state index is 0.123. The predicted octanol–water partition coefficient (Wildman–Crippen LogP) is 2.35. The molecule has 1 aromatic heterocycles. The standard InChI is InChI=1S/C15H18N4O2/c1-10-9-13(5-6-14(10)17-12(3)20)18-15(21)11(2)19-8-4-7-16-19/h4-9,11H,1-3H3,(H,17,20)(H,18,21)/t11-/m0/s1. The van der Waals surface area contributed by atoms with Gasteiger partial charge in [0.15, 0.2) is 0 Å². The van der Waals surface area contributed by atoms with Crippen molar-refractivity contribution in [2.75, 3.05) is 10.6 Å². The quantitative estimate of drug-likeness (QED) is 0.905. The van der Waals surface area contributed by atoms with E-state index in [1.54, 1.807) is 42.2 Å². The number of anilines is 2. The Morgan fingerprint density at radius 2 is 2.05 bits per heavy atom. The number of amides is 2. The summed E-state index contributed by atoms with van der Waals surface area (Å²) in [5.41, 5.74) is 2.31. The third-order valence-electron chi connectivity index (χ3n) is 3.11. The fraction of sp³-hybridized carbons (Fsp3) is 0.267. The summed E-state index contributed by atoms with van der Waals surface area (Å²) in [5.74, 6) is -0.271. The van der Waals surface area contributed by atoms with Crippen molar-refractivity contribution in [1.29, 1.82) is 0 Å². The third kappa shape index (κ3) is 3.68. The topological polar surface area (TPSA) is 76.0 Å². The summed E-state index contributed by atoms with van der Waals surface area (Å²) in [7, 11) is 0. The van der Waals surface area contributed by atoms with E-state index in [-0.39, 0.29) is 11.8 Å². The second-order valence-corrected chi connectivity index (χ2v) is 4.86. The zero-order valence-electron chi connectivity index (χ0n) is 12.3. The van der Waals surface area contributed by atoms with Gasteiger partial charge in [-0.1, -0.05) is 0 Å². The molecule has 1 heterocycles. The Morgan fingerprint density at radius 3 is 2.62 bits per heavy atom. The number of carbonyl (C=O) groups is 2. The highest BCUT2D eigenvalue weighted by molar-refractivity contribution is 5.94. The number of nitrogens with one attached hydrogen (secondary N) is 2. The largest absolute Gasteiger partial charge is 0.326 e. The van der Waals surface area contributed by atoms with Crippen molar-refractivity contribution in [3.63, 3.8) is 0 Å². The van der Waals surface area contributed by atoms with Crippen molar-refractivity contribution in [2.24, 2.45) is 0 Å². The Balaban J connectivity index is 2.08. The van der Waals surface area contributed by atoms with Crippen molar-refractivity contribution < 1.29 is 9.59 Å². The van der Waals surface area contributed by atoms with Crippen molar-refractivity contribution in [1.82, 2.24) is 9.78 Å². The Bertz CT molecular complexity index is 650. The van der Waals surface area contributed by atoms with Crippen LogP contribution in [0, 0.1) is 6.92 Å². The van der Waals surface area contributed by atoms with Gasteiger partial charge in [-0.3, -0.25) is 14.3 Å². The van der Waals surface area contributed by atoms with Crippen LogP contribution in [0.25, 0.3) is 0 Å². The molecule has 0 aliphatic rings. The number of hydrogen-bond donors (Lipinski definition) is 2. The molecule has 1 atom stereocenters.